The lowest BCUT2D eigenvalue weighted by molar-refractivity contribution is 0.0568. The van der Waals surface area contributed by atoms with E-state index >= 15 is 0 Å². The van der Waals surface area contributed by atoms with Crippen LogP contribution in [0, 0.1) is 0 Å². The summed E-state index contributed by atoms with van der Waals surface area (Å²) in [5.41, 5.74) is 0.242. The van der Waals surface area contributed by atoms with Crippen molar-refractivity contribution in [3.63, 3.8) is 0 Å². The van der Waals surface area contributed by atoms with E-state index < -0.39 is 24.8 Å². The number of benzene rings is 1. The summed E-state index contributed by atoms with van der Waals surface area (Å²) in [6, 6.07) is 5.18. The molecule has 1 aromatic rings. The molecule has 98 valence electrons. The van der Waals surface area contributed by atoms with Crippen molar-refractivity contribution in [1.82, 2.24) is 4.90 Å². The molecule has 0 aliphatic carbocycles. The minimum absolute atomic E-state index is 0.0449. The van der Waals surface area contributed by atoms with E-state index in [-0.39, 0.29) is 17.7 Å². The number of hydrogen-bond donors (Lipinski definition) is 1. The molecular formula is C12H13F2NO3. The lowest BCUT2D eigenvalue weighted by Gasteiger charge is -2.20. The zero-order valence-electron chi connectivity index (χ0n) is 9.77. The van der Waals surface area contributed by atoms with Crippen LogP contribution in [0.3, 0.4) is 0 Å². The van der Waals surface area contributed by atoms with Crippen molar-refractivity contribution in [3.8, 4) is 0 Å². The molecule has 1 amide bonds. The summed E-state index contributed by atoms with van der Waals surface area (Å²) in [6.45, 7) is 1.14. The maximum atomic E-state index is 12.2. The summed E-state index contributed by atoms with van der Waals surface area (Å²) in [7, 11) is 0. The average Bonchev–Trinajstić information content (AvgIpc) is 2.35. The Morgan fingerprint density at radius 1 is 1.22 bits per heavy atom. The first kappa shape index (κ1) is 14.1. The van der Waals surface area contributed by atoms with E-state index in [0.717, 1.165) is 4.90 Å². The highest BCUT2D eigenvalue weighted by Crippen LogP contribution is 2.09. The number of amides is 1. The normalized spacial score (nSPS) is 10.4. The number of carboxylic acids is 1. The molecule has 0 atom stereocenters. The third kappa shape index (κ3) is 3.51. The van der Waals surface area contributed by atoms with Gasteiger partial charge in [-0.15, -0.1) is 0 Å². The van der Waals surface area contributed by atoms with Crippen LogP contribution in [0.5, 0.6) is 0 Å². The molecule has 1 aromatic carbocycles. The fourth-order valence-electron chi connectivity index (χ4n) is 1.46. The highest BCUT2D eigenvalue weighted by molar-refractivity contribution is 5.95. The molecule has 1 N–H and O–H groups in total. The van der Waals surface area contributed by atoms with E-state index in [1.165, 1.54) is 24.3 Å². The van der Waals surface area contributed by atoms with Gasteiger partial charge in [0.05, 0.1) is 12.1 Å². The number of carbonyl (C=O) groups is 2. The van der Waals surface area contributed by atoms with Gasteiger partial charge >= 0.3 is 5.97 Å². The van der Waals surface area contributed by atoms with Crippen molar-refractivity contribution in [2.24, 2.45) is 0 Å². The van der Waals surface area contributed by atoms with Gasteiger partial charge in [-0.05, 0) is 31.2 Å². The summed E-state index contributed by atoms with van der Waals surface area (Å²) in [5, 5.41) is 8.69. The summed E-state index contributed by atoms with van der Waals surface area (Å²) >= 11 is 0. The molecule has 0 radical (unpaired) electrons. The molecule has 0 aliphatic heterocycles. The third-order valence-electron chi connectivity index (χ3n) is 2.41. The summed E-state index contributed by atoms with van der Waals surface area (Å²) in [4.78, 5) is 23.5. The van der Waals surface area contributed by atoms with Crippen LogP contribution >= 0.6 is 0 Å². The lowest BCUT2D eigenvalue weighted by atomic mass is 10.1. The quantitative estimate of drug-likeness (QED) is 0.878. The SMILES string of the molecule is CCN(CC(F)F)C(=O)c1ccc(C(=O)O)cc1. The molecular weight excluding hydrogens is 244 g/mol. The first-order valence-corrected chi connectivity index (χ1v) is 5.36. The number of halogens is 2. The average molecular weight is 257 g/mol. The Labute approximate surface area is 103 Å². The first-order valence-electron chi connectivity index (χ1n) is 5.36. The predicted octanol–water partition coefficient (Wildman–Crippen LogP) is 2.11. The molecule has 4 nitrogen and oxygen atoms in total. The van der Waals surface area contributed by atoms with Crippen LogP contribution in [0.4, 0.5) is 8.78 Å². The van der Waals surface area contributed by atoms with E-state index in [0.29, 0.717) is 0 Å². The van der Waals surface area contributed by atoms with E-state index in [9.17, 15) is 18.4 Å². The number of carbonyl (C=O) groups excluding carboxylic acids is 1. The standard InChI is InChI=1S/C12H13F2NO3/c1-2-15(7-10(13)14)11(16)8-3-5-9(6-4-8)12(17)18/h3-6,10H,2,7H2,1H3,(H,17,18). The van der Waals surface area contributed by atoms with E-state index in [1.807, 2.05) is 0 Å². The van der Waals surface area contributed by atoms with Gasteiger partial charge in [0.15, 0.2) is 0 Å². The molecule has 0 aliphatic rings. The van der Waals surface area contributed by atoms with Crippen molar-refractivity contribution in [2.75, 3.05) is 13.1 Å². The second-order valence-electron chi connectivity index (χ2n) is 3.62. The molecule has 6 heteroatoms. The van der Waals surface area contributed by atoms with E-state index in [2.05, 4.69) is 0 Å². The topological polar surface area (TPSA) is 57.6 Å². The van der Waals surface area contributed by atoms with Crippen LogP contribution in [0.15, 0.2) is 24.3 Å². The number of alkyl halides is 2. The Morgan fingerprint density at radius 3 is 2.11 bits per heavy atom. The number of aromatic carboxylic acids is 1. The Hall–Kier alpha value is -1.98. The Morgan fingerprint density at radius 2 is 1.72 bits per heavy atom. The Bertz CT molecular complexity index is 431. The molecule has 0 saturated carbocycles. The monoisotopic (exact) mass is 257 g/mol. The van der Waals surface area contributed by atoms with Gasteiger partial charge in [0.2, 0.25) is 0 Å². The molecule has 0 spiro atoms. The van der Waals surface area contributed by atoms with Gasteiger partial charge in [0.1, 0.15) is 0 Å². The van der Waals surface area contributed by atoms with Crippen LogP contribution in [-0.4, -0.2) is 41.4 Å². The maximum Gasteiger partial charge on any atom is 0.335 e. The fraction of sp³-hybridized carbons (Fsp3) is 0.333. The van der Waals surface area contributed by atoms with Crippen molar-refractivity contribution in [3.05, 3.63) is 35.4 Å². The number of nitrogens with zero attached hydrogens (tertiary/aromatic N) is 1. The number of carboxylic acid groups (broad SMARTS) is 1. The largest absolute Gasteiger partial charge is 0.478 e. The molecule has 0 fully saturated rings. The van der Waals surface area contributed by atoms with Gasteiger partial charge in [0, 0.05) is 12.1 Å². The van der Waals surface area contributed by atoms with Gasteiger partial charge in [-0.1, -0.05) is 0 Å². The molecule has 0 bridgehead atoms. The number of rotatable bonds is 5. The highest BCUT2D eigenvalue weighted by atomic mass is 19.3. The highest BCUT2D eigenvalue weighted by Gasteiger charge is 2.18. The minimum Gasteiger partial charge on any atom is -0.478 e. The van der Waals surface area contributed by atoms with Crippen LogP contribution in [0.1, 0.15) is 27.6 Å². The smallest absolute Gasteiger partial charge is 0.335 e. The number of hydrogen-bond acceptors (Lipinski definition) is 2. The fourth-order valence-corrected chi connectivity index (χ4v) is 1.46. The van der Waals surface area contributed by atoms with Gasteiger partial charge in [-0.2, -0.15) is 0 Å². The zero-order valence-corrected chi connectivity index (χ0v) is 9.77. The second kappa shape index (κ2) is 6.09. The Balaban J connectivity index is 2.85. The van der Waals surface area contributed by atoms with E-state index in [4.69, 9.17) is 5.11 Å². The van der Waals surface area contributed by atoms with Crippen molar-refractivity contribution < 1.29 is 23.5 Å². The summed E-state index contributed by atoms with van der Waals surface area (Å²) in [5.74, 6) is -1.64. The minimum atomic E-state index is -2.59. The van der Waals surface area contributed by atoms with Crippen LogP contribution in [0.25, 0.3) is 0 Å². The van der Waals surface area contributed by atoms with Gasteiger partial charge in [0.25, 0.3) is 12.3 Å². The Kier molecular flexibility index (Phi) is 4.76. The van der Waals surface area contributed by atoms with E-state index in [1.54, 1.807) is 6.92 Å². The van der Waals surface area contributed by atoms with Crippen LogP contribution in [0.2, 0.25) is 0 Å². The zero-order chi connectivity index (χ0) is 13.7. The van der Waals surface area contributed by atoms with Crippen LogP contribution in [-0.2, 0) is 0 Å². The van der Waals surface area contributed by atoms with Gasteiger partial charge in [-0.25, -0.2) is 13.6 Å². The predicted molar refractivity (Wildman–Crippen MR) is 61.0 cm³/mol. The van der Waals surface area contributed by atoms with Crippen molar-refractivity contribution >= 4 is 11.9 Å². The van der Waals surface area contributed by atoms with Gasteiger partial charge < -0.3 is 10.0 Å². The first-order chi connectivity index (χ1) is 8.45. The molecule has 0 saturated heterocycles. The van der Waals surface area contributed by atoms with Crippen LogP contribution < -0.4 is 0 Å². The molecule has 0 aromatic heterocycles. The molecule has 0 unspecified atom stereocenters. The maximum absolute atomic E-state index is 12.2. The second-order valence-corrected chi connectivity index (χ2v) is 3.62. The summed E-state index contributed by atoms with van der Waals surface area (Å²) < 4.78 is 24.5. The lowest BCUT2D eigenvalue weighted by Crippen LogP contribution is -2.34. The molecule has 0 heterocycles. The molecule has 18 heavy (non-hydrogen) atoms. The van der Waals surface area contributed by atoms with Gasteiger partial charge in [-0.3, -0.25) is 4.79 Å². The molecule has 1 rings (SSSR count). The van der Waals surface area contributed by atoms with Crippen molar-refractivity contribution in [1.29, 1.82) is 0 Å². The third-order valence-corrected chi connectivity index (χ3v) is 2.41. The van der Waals surface area contributed by atoms with Crippen molar-refractivity contribution in [2.45, 2.75) is 13.3 Å². The summed E-state index contributed by atoms with van der Waals surface area (Å²) in [6.07, 6.45) is -2.59.